The lowest BCUT2D eigenvalue weighted by Gasteiger charge is -2.13. The Morgan fingerprint density at radius 3 is 2.46 bits per heavy atom. The number of allylic oxidation sites excluding steroid dienone is 1. The molecule has 2 aromatic carbocycles. The molecule has 0 bridgehead atoms. The van der Waals surface area contributed by atoms with Crippen LogP contribution >= 0.6 is 0 Å². The lowest BCUT2D eigenvalue weighted by Crippen LogP contribution is -2.29. The Labute approximate surface area is 205 Å². The number of rotatable bonds is 6. The topological polar surface area (TPSA) is 90.4 Å². The summed E-state index contributed by atoms with van der Waals surface area (Å²) in [7, 11) is 0. The zero-order chi connectivity index (χ0) is 23.8. The molecule has 3 aromatic rings. The molecule has 1 atom stereocenters. The van der Waals surface area contributed by atoms with Crippen molar-refractivity contribution in [3.8, 4) is 22.4 Å². The highest BCUT2D eigenvalue weighted by molar-refractivity contribution is 6.03. The SMILES string of the molecule is O=C(O)c1cc(C2=CN=C([C@@H]3CCCN3)C2)ccc1-c1ccc(-c2cnc(C3CCCC3)[nH]2)cc1. The highest BCUT2D eigenvalue weighted by Crippen LogP contribution is 2.35. The van der Waals surface area contributed by atoms with Gasteiger partial charge in [0, 0.05) is 30.3 Å². The van der Waals surface area contributed by atoms with Crippen LogP contribution in [0.3, 0.4) is 0 Å². The Kier molecular flexibility index (Phi) is 5.82. The first kappa shape index (κ1) is 22.0. The molecule has 6 rings (SSSR count). The summed E-state index contributed by atoms with van der Waals surface area (Å²) < 4.78 is 0. The van der Waals surface area contributed by atoms with Crippen molar-refractivity contribution < 1.29 is 9.90 Å². The molecule has 6 heteroatoms. The standard InChI is InChI=1S/C29H30N4O2/c34-29(35)24-14-21(22-15-26(31-16-22)25-6-3-13-30-25)11-12-23(24)18-7-9-19(10-8-18)27-17-32-28(33-27)20-4-1-2-5-20/h7-12,14,16-17,20,25,30H,1-6,13,15H2,(H,32,33)(H,34,35)/t25-/m0/s1. The van der Waals surface area contributed by atoms with Gasteiger partial charge in [-0.05, 0) is 66.1 Å². The van der Waals surface area contributed by atoms with Gasteiger partial charge < -0.3 is 15.4 Å². The number of aromatic amines is 1. The van der Waals surface area contributed by atoms with E-state index in [1.165, 1.54) is 32.1 Å². The van der Waals surface area contributed by atoms with Crippen LogP contribution in [0.5, 0.6) is 0 Å². The van der Waals surface area contributed by atoms with Crippen molar-refractivity contribution in [1.29, 1.82) is 0 Å². The minimum Gasteiger partial charge on any atom is -0.478 e. The van der Waals surface area contributed by atoms with Crippen molar-refractivity contribution in [2.45, 2.75) is 56.9 Å². The first-order valence-corrected chi connectivity index (χ1v) is 12.7. The van der Waals surface area contributed by atoms with Crippen molar-refractivity contribution in [2.75, 3.05) is 6.54 Å². The molecule has 1 saturated carbocycles. The minimum atomic E-state index is -0.919. The molecule has 1 saturated heterocycles. The van der Waals surface area contributed by atoms with E-state index in [0.717, 1.165) is 64.4 Å². The molecule has 2 aliphatic heterocycles. The van der Waals surface area contributed by atoms with Crippen LogP contribution in [0.25, 0.3) is 28.0 Å². The molecule has 1 aliphatic carbocycles. The van der Waals surface area contributed by atoms with Gasteiger partial charge in [-0.2, -0.15) is 0 Å². The van der Waals surface area contributed by atoms with Crippen LogP contribution in [0.15, 0.2) is 59.9 Å². The third-order valence-electron chi connectivity index (χ3n) is 7.69. The number of aromatic carboxylic acids is 1. The van der Waals surface area contributed by atoms with Gasteiger partial charge in [0.2, 0.25) is 0 Å². The van der Waals surface area contributed by atoms with Crippen LogP contribution < -0.4 is 5.32 Å². The average Bonchev–Trinajstić information content (AvgIpc) is 3.70. The highest BCUT2D eigenvalue weighted by Gasteiger charge is 2.25. The van der Waals surface area contributed by atoms with E-state index in [4.69, 9.17) is 0 Å². The smallest absolute Gasteiger partial charge is 0.336 e. The zero-order valence-electron chi connectivity index (χ0n) is 19.8. The van der Waals surface area contributed by atoms with Crippen LogP contribution in [0.2, 0.25) is 0 Å². The number of imidazole rings is 1. The fraction of sp³-hybridized carbons (Fsp3) is 0.345. The number of carboxylic acid groups (broad SMARTS) is 1. The average molecular weight is 467 g/mol. The Bertz CT molecular complexity index is 1310. The molecule has 35 heavy (non-hydrogen) atoms. The quantitative estimate of drug-likeness (QED) is 0.413. The number of hydrogen-bond donors (Lipinski definition) is 3. The van der Waals surface area contributed by atoms with Crippen LogP contribution in [-0.4, -0.2) is 39.3 Å². The largest absolute Gasteiger partial charge is 0.478 e. The second-order valence-electron chi connectivity index (χ2n) is 9.91. The van der Waals surface area contributed by atoms with E-state index in [1.54, 1.807) is 6.07 Å². The lowest BCUT2D eigenvalue weighted by atomic mass is 9.92. The second-order valence-corrected chi connectivity index (χ2v) is 9.91. The van der Waals surface area contributed by atoms with Crippen LogP contribution in [0.1, 0.15) is 72.6 Å². The van der Waals surface area contributed by atoms with Gasteiger partial charge in [-0.15, -0.1) is 0 Å². The molecule has 0 amide bonds. The maximum atomic E-state index is 12.2. The number of carbonyl (C=O) groups is 1. The fourth-order valence-corrected chi connectivity index (χ4v) is 5.70. The van der Waals surface area contributed by atoms with E-state index in [1.807, 2.05) is 48.8 Å². The number of carboxylic acids is 1. The van der Waals surface area contributed by atoms with E-state index in [2.05, 4.69) is 20.3 Å². The van der Waals surface area contributed by atoms with Gasteiger partial charge in [-0.25, -0.2) is 9.78 Å². The summed E-state index contributed by atoms with van der Waals surface area (Å²) in [5.74, 6) is 0.714. The molecule has 0 spiro atoms. The number of H-pyrrole nitrogens is 1. The van der Waals surface area contributed by atoms with Gasteiger partial charge in [-0.3, -0.25) is 4.99 Å². The van der Waals surface area contributed by atoms with Gasteiger partial charge in [0.1, 0.15) is 5.82 Å². The molecule has 1 aromatic heterocycles. The molecule has 3 N–H and O–H groups in total. The zero-order valence-corrected chi connectivity index (χ0v) is 19.8. The van der Waals surface area contributed by atoms with E-state index in [9.17, 15) is 9.90 Å². The Morgan fingerprint density at radius 2 is 1.71 bits per heavy atom. The summed E-state index contributed by atoms with van der Waals surface area (Å²) in [5, 5.41) is 13.5. The predicted octanol–water partition coefficient (Wildman–Crippen LogP) is 6.04. The highest BCUT2D eigenvalue weighted by atomic mass is 16.4. The Balaban J connectivity index is 1.22. The number of benzene rings is 2. The van der Waals surface area contributed by atoms with Crippen molar-refractivity contribution in [1.82, 2.24) is 15.3 Å². The van der Waals surface area contributed by atoms with E-state index >= 15 is 0 Å². The van der Waals surface area contributed by atoms with E-state index in [-0.39, 0.29) is 0 Å². The summed E-state index contributed by atoms with van der Waals surface area (Å²) in [6.07, 6.45) is 11.9. The summed E-state index contributed by atoms with van der Waals surface area (Å²) in [4.78, 5) is 24.9. The van der Waals surface area contributed by atoms with Crippen molar-refractivity contribution in [2.24, 2.45) is 4.99 Å². The number of nitrogens with zero attached hydrogens (tertiary/aromatic N) is 2. The van der Waals surface area contributed by atoms with Gasteiger partial charge in [0.15, 0.2) is 0 Å². The van der Waals surface area contributed by atoms with Gasteiger partial charge in [-0.1, -0.05) is 49.2 Å². The normalized spacial score (nSPS) is 20.3. The maximum Gasteiger partial charge on any atom is 0.336 e. The Morgan fingerprint density at radius 1 is 0.943 bits per heavy atom. The second kappa shape index (κ2) is 9.27. The molecule has 6 nitrogen and oxygen atoms in total. The molecular formula is C29H30N4O2. The summed E-state index contributed by atoms with van der Waals surface area (Å²) in [5.41, 5.74) is 7.15. The molecule has 2 fully saturated rings. The van der Waals surface area contributed by atoms with Crippen molar-refractivity contribution >= 4 is 17.3 Å². The summed E-state index contributed by atoms with van der Waals surface area (Å²) in [6.45, 7) is 1.04. The van der Waals surface area contributed by atoms with Crippen LogP contribution in [0.4, 0.5) is 0 Å². The molecule has 0 radical (unpaired) electrons. The van der Waals surface area contributed by atoms with Crippen molar-refractivity contribution in [3.05, 3.63) is 71.8 Å². The molecule has 0 unspecified atom stereocenters. The number of hydrogen-bond acceptors (Lipinski definition) is 4. The summed E-state index contributed by atoms with van der Waals surface area (Å²) in [6, 6.07) is 14.2. The van der Waals surface area contributed by atoms with Crippen LogP contribution in [-0.2, 0) is 0 Å². The summed E-state index contributed by atoms with van der Waals surface area (Å²) >= 11 is 0. The van der Waals surface area contributed by atoms with Crippen molar-refractivity contribution in [3.63, 3.8) is 0 Å². The number of nitrogens with one attached hydrogen (secondary N) is 2. The lowest BCUT2D eigenvalue weighted by molar-refractivity contribution is 0.0697. The molecule has 3 aliphatic rings. The fourth-order valence-electron chi connectivity index (χ4n) is 5.70. The minimum absolute atomic E-state index is 0.314. The maximum absolute atomic E-state index is 12.2. The first-order chi connectivity index (χ1) is 17.2. The predicted molar refractivity (Wildman–Crippen MR) is 139 cm³/mol. The molecular weight excluding hydrogens is 436 g/mol. The third-order valence-corrected chi connectivity index (χ3v) is 7.69. The van der Waals surface area contributed by atoms with E-state index < -0.39 is 5.97 Å². The number of aromatic nitrogens is 2. The number of aliphatic imine (C=N–C) groups is 1. The van der Waals surface area contributed by atoms with E-state index in [0.29, 0.717) is 17.5 Å². The third kappa shape index (κ3) is 4.34. The van der Waals surface area contributed by atoms with Gasteiger partial charge in [0.25, 0.3) is 0 Å². The molecule has 178 valence electrons. The molecule has 3 heterocycles. The monoisotopic (exact) mass is 466 g/mol. The van der Waals surface area contributed by atoms with Gasteiger partial charge in [0.05, 0.1) is 17.5 Å². The Hall–Kier alpha value is -3.51. The van der Waals surface area contributed by atoms with Crippen LogP contribution in [0, 0.1) is 0 Å². The van der Waals surface area contributed by atoms with Gasteiger partial charge >= 0.3 is 5.97 Å². The first-order valence-electron chi connectivity index (χ1n) is 12.7.